The van der Waals surface area contributed by atoms with Gasteiger partial charge in [-0.25, -0.2) is 19.5 Å². The van der Waals surface area contributed by atoms with Crippen LogP contribution in [0.5, 0.6) is 0 Å². The van der Waals surface area contributed by atoms with Crippen molar-refractivity contribution in [2.24, 2.45) is 5.92 Å². The fourth-order valence-corrected chi connectivity index (χ4v) is 5.94. The normalized spacial score (nSPS) is 19.1. The molecule has 0 aliphatic carbocycles. The fraction of sp³-hybridized carbons (Fsp3) is 0.481. The molecule has 3 N–H and O–H groups in total. The molecule has 0 spiro atoms. The minimum Gasteiger partial charge on any atom is -0.443 e. The lowest BCUT2D eigenvalue weighted by Crippen LogP contribution is -2.41. The number of sulfonamides is 1. The Bertz CT molecular complexity index is 1440. The van der Waals surface area contributed by atoms with Crippen molar-refractivity contribution in [2.75, 3.05) is 23.7 Å². The molecular formula is C27H38N6O5S. The summed E-state index contributed by atoms with van der Waals surface area (Å²) in [6, 6.07) is 7.42. The average Bonchev–Trinajstić information content (AvgIpc) is 3.41. The number of carbonyl (C=O) groups is 2. The number of amides is 2. The molecule has 11 nitrogen and oxygen atoms in total. The van der Waals surface area contributed by atoms with Gasteiger partial charge in [0, 0.05) is 26.3 Å². The van der Waals surface area contributed by atoms with Crippen LogP contribution in [-0.2, 0) is 14.8 Å². The third-order valence-electron chi connectivity index (χ3n) is 6.59. The molecule has 1 fully saturated rings. The molecule has 0 bridgehead atoms. The number of hydrogen-bond acceptors (Lipinski definition) is 9. The van der Waals surface area contributed by atoms with Crippen molar-refractivity contribution < 1.29 is 24.2 Å². The van der Waals surface area contributed by atoms with Gasteiger partial charge in [-0.3, -0.25) is 9.69 Å². The number of hydrogen-bond donors (Lipinski definition) is 2. The SMILES string of the molecule is C[C@@H]1CN(c2nc(C3=CN(C(=O)OC(C)(C)C)CC3)ccc2C(=O)NS(=O)(=O)c2cccc(N)n2)C(C)(C)C1.[HH]. The lowest BCUT2D eigenvalue weighted by molar-refractivity contribution is 0.0349. The topological polar surface area (TPSA) is 148 Å². The second-order valence-corrected chi connectivity index (χ2v) is 13.3. The van der Waals surface area contributed by atoms with E-state index in [1.54, 1.807) is 18.3 Å². The number of rotatable bonds is 5. The van der Waals surface area contributed by atoms with Crippen LogP contribution in [0.15, 0.2) is 41.6 Å². The molecule has 2 amide bonds. The highest BCUT2D eigenvalue weighted by Gasteiger charge is 2.39. The molecule has 1 saturated heterocycles. The van der Waals surface area contributed by atoms with Crippen LogP contribution >= 0.6 is 0 Å². The smallest absolute Gasteiger partial charge is 0.414 e. The molecule has 0 unspecified atom stereocenters. The minimum absolute atomic E-state index is 0. The van der Waals surface area contributed by atoms with Gasteiger partial charge in [-0.1, -0.05) is 13.0 Å². The van der Waals surface area contributed by atoms with Crippen LogP contribution < -0.4 is 15.4 Å². The first-order valence-electron chi connectivity index (χ1n) is 12.8. The van der Waals surface area contributed by atoms with Crippen LogP contribution in [0.3, 0.4) is 0 Å². The maximum Gasteiger partial charge on any atom is 0.414 e. The van der Waals surface area contributed by atoms with E-state index in [9.17, 15) is 18.0 Å². The van der Waals surface area contributed by atoms with Crippen molar-refractivity contribution in [1.82, 2.24) is 19.6 Å². The maximum atomic E-state index is 13.4. The number of anilines is 2. The average molecular weight is 559 g/mol. The standard InChI is InChI=1S/C27H36N6O5S.H2/c1-17-14-27(5,6)33(15-17)23-19(24(34)31-39(36,37)22-9-7-8-21(28)30-22)10-11-20(29-23)18-12-13-32(16-18)25(35)38-26(2,3)4;/h7-11,16-17H,12-15H2,1-6H3,(H2,28,30)(H,31,34);1H/t17-;/m0./s1. The predicted octanol–water partition coefficient (Wildman–Crippen LogP) is 4.03. The first kappa shape index (κ1) is 28.3. The van der Waals surface area contributed by atoms with Gasteiger partial charge in [-0.2, -0.15) is 8.42 Å². The summed E-state index contributed by atoms with van der Waals surface area (Å²) in [7, 11) is -4.27. The van der Waals surface area contributed by atoms with E-state index < -0.39 is 27.6 Å². The summed E-state index contributed by atoms with van der Waals surface area (Å²) < 4.78 is 33.4. The van der Waals surface area contributed by atoms with Crippen molar-refractivity contribution in [2.45, 2.75) is 70.6 Å². The van der Waals surface area contributed by atoms with Crippen LogP contribution in [0.2, 0.25) is 0 Å². The minimum atomic E-state index is -4.27. The summed E-state index contributed by atoms with van der Waals surface area (Å²) >= 11 is 0. The monoisotopic (exact) mass is 558 g/mol. The molecule has 2 aliphatic rings. The summed E-state index contributed by atoms with van der Waals surface area (Å²) in [5.74, 6) is -0.0730. The van der Waals surface area contributed by atoms with Crippen molar-refractivity contribution in [3.63, 3.8) is 0 Å². The Labute approximate surface area is 231 Å². The summed E-state index contributed by atoms with van der Waals surface area (Å²) in [5.41, 5.74) is 6.24. The van der Waals surface area contributed by atoms with E-state index in [4.69, 9.17) is 15.5 Å². The van der Waals surface area contributed by atoms with Gasteiger partial charge in [0.05, 0.1) is 11.3 Å². The van der Waals surface area contributed by atoms with E-state index in [0.29, 0.717) is 36.9 Å². The molecule has 0 radical (unpaired) electrons. The molecule has 0 saturated carbocycles. The molecule has 1 atom stereocenters. The van der Waals surface area contributed by atoms with Gasteiger partial charge in [-0.05, 0) is 83.2 Å². The number of aromatic nitrogens is 2. The lowest BCUT2D eigenvalue weighted by Gasteiger charge is -2.34. The van der Waals surface area contributed by atoms with E-state index in [1.807, 2.05) is 25.7 Å². The van der Waals surface area contributed by atoms with Crippen LogP contribution in [0, 0.1) is 5.92 Å². The van der Waals surface area contributed by atoms with Gasteiger partial charge >= 0.3 is 6.09 Å². The molecule has 4 heterocycles. The van der Waals surface area contributed by atoms with E-state index in [1.165, 1.54) is 23.1 Å². The largest absolute Gasteiger partial charge is 0.443 e. The summed E-state index contributed by atoms with van der Waals surface area (Å²) in [6.07, 6.45) is 2.71. The summed E-state index contributed by atoms with van der Waals surface area (Å²) in [5, 5.41) is -0.351. The van der Waals surface area contributed by atoms with E-state index in [-0.39, 0.29) is 23.4 Å². The molecule has 2 aromatic rings. The Morgan fingerprint density at radius 3 is 2.51 bits per heavy atom. The highest BCUT2D eigenvalue weighted by molar-refractivity contribution is 7.90. The molecule has 2 aromatic heterocycles. The lowest BCUT2D eigenvalue weighted by atomic mass is 9.97. The Kier molecular flexibility index (Phi) is 7.37. The number of carbonyl (C=O) groups excluding carboxylic acids is 2. The molecular weight excluding hydrogens is 520 g/mol. The second kappa shape index (κ2) is 10.1. The number of nitrogens with zero attached hydrogens (tertiary/aromatic N) is 4. The van der Waals surface area contributed by atoms with Gasteiger partial charge in [0.25, 0.3) is 15.9 Å². The van der Waals surface area contributed by atoms with Gasteiger partial charge in [0.15, 0.2) is 5.03 Å². The third-order valence-corrected chi connectivity index (χ3v) is 7.82. The molecule has 0 aromatic carbocycles. The number of ether oxygens (including phenoxy) is 1. The zero-order valence-corrected chi connectivity index (χ0v) is 24.0. The Balaban J connectivity index is 0.00000441. The Morgan fingerprint density at radius 2 is 1.90 bits per heavy atom. The highest BCUT2D eigenvalue weighted by atomic mass is 32.2. The fourth-order valence-electron chi connectivity index (χ4n) is 5.00. The molecule has 2 aliphatic heterocycles. The van der Waals surface area contributed by atoms with Gasteiger partial charge < -0.3 is 15.4 Å². The van der Waals surface area contributed by atoms with Crippen molar-refractivity contribution in [3.05, 3.63) is 47.8 Å². The van der Waals surface area contributed by atoms with E-state index in [2.05, 4.69) is 30.5 Å². The Morgan fingerprint density at radius 1 is 1.18 bits per heavy atom. The highest BCUT2D eigenvalue weighted by Crippen LogP contribution is 2.38. The van der Waals surface area contributed by atoms with Crippen molar-refractivity contribution >= 4 is 39.2 Å². The van der Waals surface area contributed by atoms with Crippen LogP contribution in [0.4, 0.5) is 16.4 Å². The summed E-state index contributed by atoms with van der Waals surface area (Å²) in [6.45, 7) is 12.8. The van der Waals surface area contributed by atoms with Crippen LogP contribution in [-0.4, -0.2) is 59.5 Å². The predicted molar refractivity (Wildman–Crippen MR) is 150 cm³/mol. The van der Waals surface area contributed by atoms with Crippen LogP contribution in [0.25, 0.3) is 5.57 Å². The maximum absolute atomic E-state index is 13.4. The van der Waals surface area contributed by atoms with Crippen LogP contribution in [0.1, 0.15) is 71.9 Å². The zero-order valence-electron chi connectivity index (χ0n) is 23.2. The molecule has 12 heteroatoms. The first-order chi connectivity index (χ1) is 18.1. The van der Waals surface area contributed by atoms with Gasteiger partial charge in [0.2, 0.25) is 0 Å². The Hall–Kier alpha value is -3.67. The second-order valence-electron chi connectivity index (χ2n) is 11.7. The molecule has 212 valence electrons. The molecule has 39 heavy (non-hydrogen) atoms. The van der Waals surface area contributed by atoms with Gasteiger partial charge in [0.1, 0.15) is 17.2 Å². The quantitative estimate of drug-likeness (QED) is 0.555. The first-order valence-corrected chi connectivity index (χ1v) is 14.3. The van der Waals surface area contributed by atoms with Crippen molar-refractivity contribution in [3.8, 4) is 0 Å². The third kappa shape index (κ3) is 6.32. The molecule has 4 rings (SSSR count). The van der Waals surface area contributed by atoms with Crippen molar-refractivity contribution in [1.29, 1.82) is 0 Å². The number of nitrogens with two attached hydrogens (primary N) is 1. The summed E-state index contributed by atoms with van der Waals surface area (Å²) in [4.78, 5) is 38.2. The van der Waals surface area contributed by atoms with E-state index >= 15 is 0 Å². The number of nitrogen functional groups attached to an aromatic ring is 1. The van der Waals surface area contributed by atoms with E-state index in [0.717, 1.165) is 12.0 Å². The van der Waals surface area contributed by atoms with Gasteiger partial charge in [-0.15, -0.1) is 0 Å². The number of pyridine rings is 2. The zero-order chi connectivity index (χ0) is 28.8. The number of nitrogens with one attached hydrogen (secondary N) is 1.